The summed E-state index contributed by atoms with van der Waals surface area (Å²) < 4.78 is 0. The Labute approximate surface area is 92.0 Å². The molecule has 0 aromatic heterocycles. The quantitative estimate of drug-likeness (QED) is 0.484. The van der Waals surface area contributed by atoms with E-state index in [1.165, 1.54) is 11.1 Å². The van der Waals surface area contributed by atoms with Crippen LogP contribution >= 0.6 is 0 Å². The summed E-state index contributed by atoms with van der Waals surface area (Å²) in [5.41, 5.74) is 2.44. The van der Waals surface area contributed by atoms with Crippen LogP contribution in [0.4, 0.5) is 0 Å². The highest BCUT2D eigenvalue weighted by Crippen LogP contribution is 2.11. The van der Waals surface area contributed by atoms with Crippen molar-refractivity contribution in [2.75, 3.05) is 0 Å². The maximum absolute atomic E-state index is 3.75. The molecule has 0 aliphatic carbocycles. The van der Waals surface area contributed by atoms with Gasteiger partial charge in [0.15, 0.2) is 0 Å². The van der Waals surface area contributed by atoms with Gasteiger partial charge >= 0.3 is 0 Å². The fourth-order valence-corrected chi connectivity index (χ4v) is 1.30. The third-order valence-electron chi connectivity index (χ3n) is 1.98. The minimum absolute atomic E-state index is 0.874. The van der Waals surface area contributed by atoms with E-state index in [9.17, 15) is 0 Å². The van der Waals surface area contributed by atoms with E-state index in [4.69, 9.17) is 0 Å². The molecule has 1 rings (SSSR count). The fraction of sp³-hybridized carbons (Fsp3) is 0.0667. The third-order valence-corrected chi connectivity index (χ3v) is 1.98. The monoisotopic (exact) mass is 196 g/mol. The molecule has 0 amide bonds. The summed E-state index contributed by atoms with van der Waals surface area (Å²) in [6.07, 6.45) is 10.7. The minimum Gasteiger partial charge on any atom is -0.103 e. The van der Waals surface area contributed by atoms with Gasteiger partial charge in [-0.2, -0.15) is 0 Å². The molecule has 0 unspecified atom stereocenters. The first kappa shape index (κ1) is 11.3. The average molecular weight is 196 g/mol. The first-order valence-corrected chi connectivity index (χ1v) is 5.02. The highest BCUT2D eigenvalue weighted by Gasteiger charge is 1.90. The summed E-state index contributed by atoms with van der Waals surface area (Å²) in [7, 11) is 0. The van der Waals surface area contributed by atoms with E-state index < -0.39 is 0 Å². The Morgan fingerprint density at radius 2 is 1.87 bits per heavy atom. The predicted molar refractivity (Wildman–Crippen MR) is 68.6 cm³/mol. The van der Waals surface area contributed by atoms with Crippen LogP contribution in [0.15, 0.2) is 73.4 Å². The van der Waals surface area contributed by atoms with Gasteiger partial charge in [0.1, 0.15) is 0 Å². The number of benzene rings is 1. The van der Waals surface area contributed by atoms with E-state index >= 15 is 0 Å². The lowest BCUT2D eigenvalue weighted by Gasteiger charge is -1.98. The molecule has 15 heavy (non-hydrogen) atoms. The molecule has 0 atom stereocenters. The average Bonchev–Trinajstić information content (AvgIpc) is 2.28. The first-order valence-electron chi connectivity index (χ1n) is 5.02. The second kappa shape index (κ2) is 6.61. The summed E-state index contributed by atoms with van der Waals surface area (Å²) in [6, 6.07) is 10.3. The van der Waals surface area contributed by atoms with Crippen molar-refractivity contribution >= 4 is 6.08 Å². The van der Waals surface area contributed by atoms with Gasteiger partial charge in [0.2, 0.25) is 0 Å². The molecule has 0 heterocycles. The molecule has 1 aromatic rings. The van der Waals surface area contributed by atoms with Crippen LogP contribution in [0.5, 0.6) is 0 Å². The van der Waals surface area contributed by atoms with Crippen molar-refractivity contribution in [2.24, 2.45) is 0 Å². The first-order chi connectivity index (χ1) is 7.36. The van der Waals surface area contributed by atoms with E-state index in [1.54, 1.807) is 6.08 Å². The smallest absolute Gasteiger partial charge is 0.00999 e. The van der Waals surface area contributed by atoms with Crippen molar-refractivity contribution in [3.63, 3.8) is 0 Å². The molecule has 0 nitrogen and oxygen atoms in total. The van der Waals surface area contributed by atoms with Crippen LogP contribution in [0, 0.1) is 0 Å². The molecule has 0 N–H and O–H groups in total. The third kappa shape index (κ3) is 4.28. The van der Waals surface area contributed by atoms with Crippen molar-refractivity contribution in [3.05, 3.63) is 78.9 Å². The van der Waals surface area contributed by atoms with Gasteiger partial charge in [0, 0.05) is 0 Å². The van der Waals surface area contributed by atoms with Crippen LogP contribution in [0.3, 0.4) is 0 Å². The molecule has 76 valence electrons. The van der Waals surface area contributed by atoms with Gasteiger partial charge in [-0.15, -0.1) is 6.58 Å². The van der Waals surface area contributed by atoms with Crippen LogP contribution in [0.1, 0.15) is 12.0 Å². The summed E-state index contributed by atoms with van der Waals surface area (Å²) in [5.74, 6) is 0. The van der Waals surface area contributed by atoms with Crippen molar-refractivity contribution in [1.82, 2.24) is 0 Å². The molecule has 0 spiro atoms. The topological polar surface area (TPSA) is 0 Å². The van der Waals surface area contributed by atoms with Crippen LogP contribution in [0.2, 0.25) is 0 Å². The van der Waals surface area contributed by atoms with Crippen molar-refractivity contribution in [2.45, 2.75) is 6.42 Å². The summed E-state index contributed by atoms with van der Waals surface area (Å²) in [6.45, 7) is 7.41. The van der Waals surface area contributed by atoms with Gasteiger partial charge in [-0.25, -0.2) is 0 Å². The zero-order valence-corrected chi connectivity index (χ0v) is 8.89. The lowest BCUT2D eigenvalue weighted by molar-refractivity contribution is 1.31. The second-order valence-electron chi connectivity index (χ2n) is 3.22. The lowest BCUT2D eigenvalue weighted by Crippen LogP contribution is -1.77. The predicted octanol–water partition coefficient (Wildman–Crippen LogP) is 4.39. The normalized spacial score (nSPS) is 11.6. The van der Waals surface area contributed by atoms with Gasteiger partial charge in [0.25, 0.3) is 0 Å². The zero-order chi connectivity index (χ0) is 10.9. The molecule has 0 saturated heterocycles. The molecule has 0 saturated carbocycles. The maximum atomic E-state index is 3.75. The Bertz CT molecular complexity index is 366. The van der Waals surface area contributed by atoms with Gasteiger partial charge < -0.3 is 0 Å². The van der Waals surface area contributed by atoms with E-state index in [-0.39, 0.29) is 0 Å². The molecule has 0 fully saturated rings. The number of rotatable bonds is 5. The number of allylic oxidation sites excluding steroid dienone is 5. The zero-order valence-electron chi connectivity index (χ0n) is 8.89. The molecule has 1 aromatic carbocycles. The Kier molecular flexibility index (Phi) is 4.96. The van der Waals surface area contributed by atoms with Crippen molar-refractivity contribution in [3.8, 4) is 0 Å². The van der Waals surface area contributed by atoms with Crippen LogP contribution < -0.4 is 0 Å². The van der Waals surface area contributed by atoms with E-state index in [2.05, 4.69) is 37.4 Å². The maximum Gasteiger partial charge on any atom is -0.00999 e. The Balaban J connectivity index is 2.88. The molecule has 0 heteroatoms. The molecule has 0 aliphatic heterocycles. The molecule has 0 aliphatic rings. The highest BCUT2D eigenvalue weighted by atomic mass is 14.0. The van der Waals surface area contributed by atoms with E-state index in [0.717, 1.165) is 6.42 Å². The molecular formula is C15H16. The van der Waals surface area contributed by atoms with Crippen molar-refractivity contribution in [1.29, 1.82) is 0 Å². The summed E-state index contributed by atoms with van der Waals surface area (Å²) in [4.78, 5) is 0. The molecule has 0 bridgehead atoms. The molecular weight excluding hydrogens is 180 g/mol. The van der Waals surface area contributed by atoms with Gasteiger partial charge in [-0.3, -0.25) is 0 Å². The van der Waals surface area contributed by atoms with Gasteiger partial charge in [-0.05, 0) is 17.6 Å². The highest BCUT2D eigenvalue weighted by molar-refractivity contribution is 5.56. The Morgan fingerprint density at radius 1 is 1.13 bits per heavy atom. The standard InChI is InChI=1S/C15H16/c1-3-5-10-14(9-4-2)13-15-11-7-6-8-12-15/h3-8,10-13H,1-2,9H2. The van der Waals surface area contributed by atoms with Gasteiger partial charge in [0.05, 0.1) is 0 Å². The summed E-state index contributed by atoms with van der Waals surface area (Å²) in [5, 5.41) is 0. The summed E-state index contributed by atoms with van der Waals surface area (Å²) >= 11 is 0. The Hall–Kier alpha value is -1.82. The second-order valence-corrected chi connectivity index (χ2v) is 3.22. The minimum atomic E-state index is 0.874. The van der Waals surface area contributed by atoms with Crippen LogP contribution in [0.25, 0.3) is 6.08 Å². The lowest BCUT2D eigenvalue weighted by atomic mass is 10.1. The van der Waals surface area contributed by atoms with Crippen molar-refractivity contribution < 1.29 is 0 Å². The Morgan fingerprint density at radius 3 is 2.47 bits per heavy atom. The van der Waals surface area contributed by atoms with E-state index in [1.807, 2.05) is 30.4 Å². The number of hydrogen-bond donors (Lipinski definition) is 0. The SMILES string of the molecule is C=CC=CC(=Cc1ccccc1)CC=C. The number of hydrogen-bond acceptors (Lipinski definition) is 0. The van der Waals surface area contributed by atoms with Gasteiger partial charge in [-0.1, -0.05) is 67.3 Å². The van der Waals surface area contributed by atoms with E-state index in [0.29, 0.717) is 0 Å². The largest absolute Gasteiger partial charge is 0.103 e. The van der Waals surface area contributed by atoms with Crippen LogP contribution in [-0.4, -0.2) is 0 Å². The fourth-order valence-electron chi connectivity index (χ4n) is 1.30. The molecule has 0 radical (unpaired) electrons. The van der Waals surface area contributed by atoms with Crippen LogP contribution in [-0.2, 0) is 0 Å².